The van der Waals surface area contributed by atoms with Gasteiger partial charge in [-0.3, -0.25) is 0 Å². The molecule has 13 heavy (non-hydrogen) atoms. The Labute approximate surface area is 82.5 Å². The first-order chi connectivity index (χ1) is 6.31. The van der Waals surface area contributed by atoms with E-state index < -0.39 is 0 Å². The van der Waals surface area contributed by atoms with Crippen LogP contribution in [0.4, 0.5) is 0 Å². The molecule has 0 saturated carbocycles. The summed E-state index contributed by atoms with van der Waals surface area (Å²) in [6, 6.07) is 5.20. The van der Waals surface area contributed by atoms with Gasteiger partial charge in [-0.2, -0.15) is 0 Å². The summed E-state index contributed by atoms with van der Waals surface area (Å²) in [4.78, 5) is 12.7. The molecule has 0 aliphatic rings. The van der Waals surface area contributed by atoms with Gasteiger partial charge in [-0.25, -0.2) is 0 Å². The Bertz CT molecular complexity index is 357. The molecule has 1 aromatic carbocycles. The number of nitriles is 1. The van der Waals surface area contributed by atoms with Crippen LogP contribution in [0.15, 0.2) is 18.2 Å². The van der Waals surface area contributed by atoms with Crippen molar-refractivity contribution in [1.29, 1.82) is 5.26 Å². The van der Waals surface area contributed by atoms with Crippen LogP contribution in [0.25, 0.3) is 0 Å². The SMILES string of the molecule is COc1ccc([Se]C#N)cc1C=O. The van der Waals surface area contributed by atoms with E-state index >= 15 is 0 Å². The zero-order valence-electron chi connectivity index (χ0n) is 6.98. The molecule has 0 radical (unpaired) electrons. The molecule has 1 rings (SSSR count). The van der Waals surface area contributed by atoms with E-state index in [9.17, 15) is 4.79 Å². The standard InChI is InChI=1S/C9H7NO2Se/c1-12-9-3-2-8(13-6-10)4-7(9)5-11/h2-5H,1H3. The average molecular weight is 240 g/mol. The number of hydrogen-bond donors (Lipinski definition) is 0. The summed E-state index contributed by atoms with van der Waals surface area (Å²) in [6.45, 7) is 0. The molecule has 0 amide bonds. The summed E-state index contributed by atoms with van der Waals surface area (Å²) >= 11 is -0.218. The van der Waals surface area contributed by atoms with Crippen molar-refractivity contribution in [3.8, 4) is 10.7 Å². The summed E-state index contributed by atoms with van der Waals surface area (Å²) in [5, 5.41) is 8.47. The number of carbonyl (C=O) groups excluding carboxylic acids is 1. The Kier molecular flexibility index (Phi) is 3.51. The summed E-state index contributed by atoms with van der Waals surface area (Å²) in [7, 11) is 1.51. The van der Waals surface area contributed by atoms with Gasteiger partial charge >= 0.3 is 82.1 Å². The van der Waals surface area contributed by atoms with Crippen LogP contribution in [0.5, 0.6) is 5.75 Å². The Morgan fingerprint density at radius 3 is 2.92 bits per heavy atom. The van der Waals surface area contributed by atoms with Gasteiger partial charge < -0.3 is 0 Å². The third-order valence-corrected chi connectivity index (χ3v) is 2.71. The van der Waals surface area contributed by atoms with Gasteiger partial charge in [0.2, 0.25) is 0 Å². The molecule has 0 heterocycles. The van der Waals surface area contributed by atoms with Gasteiger partial charge in [-0.1, -0.05) is 0 Å². The Balaban J connectivity index is 3.07. The molecule has 4 heteroatoms. The number of ether oxygens (including phenoxy) is 1. The molecule has 0 fully saturated rings. The van der Waals surface area contributed by atoms with E-state index in [-0.39, 0.29) is 15.0 Å². The molecule has 0 aromatic heterocycles. The quantitative estimate of drug-likeness (QED) is 0.564. The summed E-state index contributed by atoms with van der Waals surface area (Å²) in [5.74, 6) is 0.549. The van der Waals surface area contributed by atoms with Crippen LogP contribution in [0, 0.1) is 10.2 Å². The predicted molar refractivity (Wildman–Crippen MR) is 49.4 cm³/mol. The normalized spacial score (nSPS) is 8.92. The molecular weight excluding hydrogens is 233 g/mol. The maximum atomic E-state index is 10.6. The van der Waals surface area contributed by atoms with Crippen molar-refractivity contribution in [2.75, 3.05) is 7.11 Å². The van der Waals surface area contributed by atoms with Gasteiger partial charge in [0, 0.05) is 0 Å². The monoisotopic (exact) mass is 241 g/mol. The molecule has 0 saturated heterocycles. The van der Waals surface area contributed by atoms with E-state index in [1.807, 2.05) is 0 Å². The predicted octanol–water partition coefficient (Wildman–Crippen LogP) is 0.318. The molecule has 0 spiro atoms. The van der Waals surface area contributed by atoms with E-state index in [1.54, 1.807) is 18.2 Å². The van der Waals surface area contributed by atoms with Gasteiger partial charge in [-0.05, 0) is 0 Å². The first kappa shape index (κ1) is 9.78. The van der Waals surface area contributed by atoms with E-state index in [2.05, 4.69) is 4.97 Å². The van der Waals surface area contributed by atoms with E-state index in [0.29, 0.717) is 11.3 Å². The van der Waals surface area contributed by atoms with Crippen LogP contribution in [0.2, 0.25) is 0 Å². The number of methoxy groups -OCH3 is 1. The first-order valence-electron chi connectivity index (χ1n) is 3.51. The Morgan fingerprint density at radius 2 is 2.38 bits per heavy atom. The fourth-order valence-electron chi connectivity index (χ4n) is 0.921. The second-order valence-electron chi connectivity index (χ2n) is 2.21. The van der Waals surface area contributed by atoms with Crippen LogP contribution in [-0.4, -0.2) is 28.4 Å². The minimum absolute atomic E-state index is 0.218. The van der Waals surface area contributed by atoms with Crippen LogP contribution in [-0.2, 0) is 0 Å². The topological polar surface area (TPSA) is 50.1 Å². The zero-order chi connectivity index (χ0) is 9.68. The van der Waals surface area contributed by atoms with E-state index in [4.69, 9.17) is 10.00 Å². The fourth-order valence-corrected chi connectivity index (χ4v) is 1.82. The van der Waals surface area contributed by atoms with Crippen molar-refractivity contribution in [2.24, 2.45) is 0 Å². The summed E-state index contributed by atoms with van der Waals surface area (Å²) in [6.07, 6.45) is 0.732. The second kappa shape index (κ2) is 4.66. The minimum atomic E-state index is -0.218. The molecule has 66 valence electrons. The summed E-state index contributed by atoms with van der Waals surface area (Å²) < 4.78 is 5.85. The number of carbonyl (C=O) groups is 1. The number of aldehydes is 1. The van der Waals surface area contributed by atoms with Crippen molar-refractivity contribution in [3.05, 3.63) is 23.8 Å². The average Bonchev–Trinajstić information content (AvgIpc) is 2.18. The Hall–Kier alpha value is -1.30. The van der Waals surface area contributed by atoms with Gasteiger partial charge in [0.05, 0.1) is 0 Å². The molecule has 0 atom stereocenters. The van der Waals surface area contributed by atoms with Gasteiger partial charge in [0.25, 0.3) is 0 Å². The van der Waals surface area contributed by atoms with Crippen molar-refractivity contribution in [1.82, 2.24) is 0 Å². The van der Waals surface area contributed by atoms with Gasteiger partial charge in [-0.15, -0.1) is 0 Å². The van der Waals surface area contributed by atoms with Crippen LogP contribution < -0.4 is 9.20 Å². The maximum absolute atomic E-state index is 10.6. The third-order valence-electron chi connectivity index (χ3n) is 1.49. The van der Waals surface area contributed by atoms with Crippen molar-refractivity contribution < 1.29 is 9.53 Å². The zero-order valence-corrected chi connectivity index (χ0v) is 8.69. The van der Waals surface area contributed by atoms with Crippen LogP contribution >= 0.6 is 0 Å². The van der Waals surface area contributed by atoms with Gasteiger partial charge in [0.15, 0.2) is 0 Å². The molecule has 0 N–H and O–H groups in total. The molecule has 1 aromatic rings. The van der Waals surface area contributed by atoms with E-state index in [0.717, 1.165) is 10.7 Å². The first-order valence-corrected chi connectivity index (χ1v) is 5.22. The number of benzene rings is 1. The van der Waals surface area contributed by atoms with Crippen LogP contribution in [0.1, 0.15) is 10.4 Å². The molecule has 0 aliphatic carbocycles. The molecule has 0 bridgehead atoms. The van der Waals surface area contributed by atoms with Crippen LogP contribution in [0.3, 0.4) is 0 Å². The fraction of sp³-hybridized carbons (Fsp3) is 0.111. The third kappa shape index (κ3) is 2.32. The molecular formula is C9H7NO2Se. The van der Waals surface area contributed by atoms with E-state index in [1.165, 1.54) is 7.11 Å². The Morgan fingerprint density at radius 1 is 1.62 bits per heavy atom. The number of nitrogens with zero attached hydrogens (tertiary/aromatic N) is 1. The van der Waals surface area contributed by atoms with Crippen molar-refractivity contribution in [3.63, 3.8) is 0 Å². The summed E-state index contributed by atoms with van der Waals surface area (Å²) in [5.41, 5.74) is 0.497. The molecule has 3 nitrogen and oxygen atoms in total. The molecule has 0 unspecified atom stereocenters. The van der Waals surface area contributed by atoms with Crippen molar-refractivity contribution in [2.45, 2.75) is 0 Å². The number of rotatable bonds is 3. The van der Waals surface area contributed by atoms with Crippen molar-refractivity contribution >= 4 is 25.7 Å². The van der Waals surface area contributed by atoms with Gasteiger partial charge in [0.1, 0.15) is 0 Å². The molecule has 0 aliphatic heterocycles. The second-order valence-corrected chi connectivity index (χ2v) is 4.02. The number of hydrogen-bond acceptors (Lipinski definition) is 3.